The fourth-order valence-corrected chi connectivity index (χ4v) is 3.88. The van der Waals surface area contributed by atoms with Crippen molar-refractivity contribution in [3.63, 3.8) is 0 Å². The number of ether oxygens (including phenoxy) is 6. The highest BCUT2D eigenvalue weighted by atomic mass is 16.9. The molecule has 3 heterocycles. The molecule has 0 bridgehead atoms. The van der Waals surface area contributed by atoms with Gasteiger partial charge in [0.05, 0.1) is 12.3 Å². The summed E-state index contributed by atoms with van der Waals surface area (Å²) in [5.74, 6) is -1.45. The number of nitrogens with one attached hydrogen (secondary N) is 1. The third kappa shape index (κ3) is 3.62. The molecular formula is C20H27NO7. The number of fused-ring (bicyclic) bond motifs is 3. The van der Waals surface area contributed by atoms with E-state index in [1.165, 1.54) is 0 Å². The van der Waals surface area contributed by atoms with E-state index in [2.05, 4.69) is 5.32 Å². The Bertz CT molecular complexity index is 750. The van der Waals surface area contributed by atoms with Gasteiger partial charge in [0.15, 0.2) is 24.0 Å². The van der Waals surface area contributed by atoms with Crippen LogP contribution >= 0.6 is 0 Å². The molecule has 3 aliphatic heterocycles. The van der Waals surface area contributed by atoms with Crippen molar-refractivity contribution in [1.82, 2.24) is 0 Å². The smallest absolute Gasteiger partial charge is 0.256 e. The van der Waals surface area contributed by atoms with Crippen molar-refractivity contribution < 1.29 is 33.2 Å². The van der Waals surface area contributed by atoms with Crippen LogP contribution in [0.4, 0.5) is 5.69 Å². The summed E-state index contributed by atoms with van der Waals surface area (Å²) in [5.41, 5.74) is 0.568. The zero-order valence-electron chi connectivity index (χ0n) is 16.8. The summed E-state index contributed by atoms with van der Waals surface area (Å²) in [6.07, 6.45) is -3.20. The summed E-state index contributed by atoms with van der Waals surface area (Å²) in [6.45, 7) is 9.60. The second kappa shape index (κ2) is 6.96. The second-order valence-corrected chi connectivity index (χ2v) is 8.01. The Morgan fingerprint density at radius 2 is 1.64 bits per heavy atom. The van der Waals surface area contributed by atoms with E-state index in [9.17, 15) is 4.79 Å². The molecule has 1 amide bonds. The van der Waals surface area contributed by atoms with E-state index in [0.29, 0.717) is 18.0 Å². The largest absolute Gasteiger partial charge is 0.492 e. The van der Waals surface area contributed by atoms with Gasteiger partial charge in [0, 0.05) is 0 Å². The van der Waals surface area contributed by atoms with Gasteiger partial charge in [-0.3, -0.25) is 4.79 Å². The van der Waals surface area contributed by atoms with Crippen LogP contribution in [0.2, 0.25) is 0 Å². The Morgan fingerprint density at radius 1 is 1.00 bits per heavy atom. The lowest BCUT2D eigenvalue weighted by Crippen LogP contribution is -2.58. The van der Waals surface area contributed by atoms with Crippen LogP contribution in [0, 0.1) is 0 Å². The van der Waals surface area contributed by atoms with Crippen LogP contribution in [0.5, 0.6) is 5.75 Å². The van der Waals surface area contributed by atoms with Gasteiger partial charge in [-0.1, -0.05) is 12.1 Å². The van der Waals surface area contributed by atoms with Gasteiger partial charge in [-0.25, -0.2) is 0 Å². The lowest BCUT2D eigenvalue weighted by atomic mass is 9.98. The number of para-hydroxylation sites is 2. The minimum Gasteiger partial charge on any atom is -0.492 e. The number of hydrogen-bond acceptors (Lipinski definition) is 7. The minimum atomic E-state index is -0.916. The molecule has 1 N–H and O–H groups in total. The molecule has 1 aromatic rings. The molecule has 0 aromatic heterocycles. The third-order valence-electron chi connectivity index (χ3n) is 4.86. The van der Waals surface area contributed by atoms with Gasteiger partial charge in [-0.05, 0) is 46.8 Å². The highest BCUT2D eigenvalue weighted by Crippen LogP contribution is 2.44. The topological polar surface area (TPSA) is 84.5 Å². The maximum absolute atomic E-state index is 13.1. The van der Waals surface area contributed by atoms with Crippen molar-refractivity contribution in [3.05, 3.63) is 24.3 Å². The van der Waals surface area contributed by atoms with Crippen LogP contribution < -0.4 is 10.1 Å². The first-order chi connectivity index (χ1) is 13.2. The Hall–Kier alpha value is -1.71. The molecule has 0 saturated carbocycles. The third-order valence-corrected chi connectivity index (χ3v) is 4.86. The summed E-state index contributed by atoms with van der Waals surface area (Å²) < 4.78 is 35.4. The van der Waals surface area contributed by atoms with Crippen molar-refractivity contribution in [2.75, 3.05) is 11.9 Å². The molecule has 0 aliphatic carbocycles. The van der Waals surface area contributed by atoms with Crippen LogP contribution in [0.3, 0.4) is 0 Å². The first kappa shape index (κ1) is 19.6. The number of anilines is 1. The molecule has 28 heavy (non-hydrogen) atoms. The summed E-state index contributed by atoms with van der Waals surface area (Å²) in [4.78, 5) is 13.1. The summed E-state index contributed by atoms with van der Waals surface area (Å²) in [6, 6.07) is 7.25. The number of carbonyl (C=O) groups excluding carboxylic acids is 1. The number of amides is 1. The van der Waals surface area contributed by atoms with Crippen molar-refractivity contribution in [1.29, 1.82) is 0 Å². The van der Waals surface area contributed by atoms with Gasteiger partial charge in [-0.15, -0.1) is 0 Å². The minimum absolute atomic E-state index is 0.352. The van der Waals surface area contributed by atoms with Gasteiger partial charge >= 0.3 is 0 Å². The lowest BCUT2D eigenvalue weighted by Gasteiger charge is -2.36. The van der Waals surface area contributed by atoms with Gasteiger partial charge in [0.25, 0.3) is 5.91 Å². The summed E-state index contributed by atoms with van der Waals surface area (Å²) in [5, 5.41) is 2.88. The van der Waals surface area contributed by atoms with E-state index in [0.717, 1.165) is 0 Å². The Kier molecular flexibility index (Phi) is 4.87. The lowest BCUT2D eigenvalue weighted by molar-refractivity contribution is -0.229. The molecule has 3 fully saturated rings. The van der Waals surface area contributed by atoms with E-state index in [1.54, 1.807) is 39.8 Å². The normalized spacial score (nSPS) is 35.1. The second-order valence-electron chi connectivity index (χ2n) is 8.01. The van der Waals surface area contributed by atoms with Crippen molar-refractivity contribution in [3.8, 4) is 5.75 Å². The van der Waals surface area contributed by atoms with E-state index < -0.39 is 42.3 Å². The van der Waals surface area contributed by atoms with Gasteiger partial charge in [0.2, 0.25) is 0 Å². The van der Waals surface area contributed by atoms with Crippen LogP contribution in [-0.2, 0) is 28.5 Å². The van der Waals surface area contributed by atoms with Crippen molar-refractivity contribution in [2.24, 2.45) is 0 Å². The molecule has 1 aromatic carbocycles. The fraction of sp³-hybridized carbons (Fsp3) is 0.650. The standard InChI is InChI=1S/C20H27NO7/c1-6-23-12-10-8-7-9-11(12)21-17(22)15-13-14(26-19(2,3)25-13)16-18(24-15)28-20(4,5)27-16/h7-10,13-16,18H,6H2,1-5H3,(H,21,22)/t13-,14-,15+,16+,18-/m0/s1. The predicted molar refractivity (Wildman–Crippen MR) is 98.8 cm³/mol. The van der Waals surface area contributed by atoms with Crippen molar-refractivity contribution >= 4 is 11.6 Å². The monoisotopic (exact) mass is 393 g/mol. The molecule has 5 atom stereocenters. The zero-order chi connectivity index (χ0) is 20.1. The molecule has 3 saturated heterocycles. The van der Waals surface area contributed by atoms with Crippen molar-refractivity contribution in [2.45, 2.75) is 76.9 Å². The maximum atomic E-state index is 13.1. The van der Waals surface area contributed by atoms with Gasteiger partial charge in [0.1, 0.15) is 24.1 Å². The van der Waals surface area contributed by atoms with Crippen LogP contribution in [0.15, 0.2) is 24.3 Å². The average molecular weight is 393 g/mol. The molecule has 8 heteroatoms. The quantitative estimate of drug-likeness (QED) is 0.841. The van der Waals surface area contributed by atoms with Gasteiger partial charge in [-0.2, -0.15) is 0 Å². The van der Waals surface area contributed by atoms with Crippen LogP contribution in [0.1, 0.15) is 34.6 Å². The molecule has 3 aliphatic rings. The van der Waals surface area contributed by atoms with Crippen LogP contribution in [-0.4, -0.2) is 54.8 Å². The van der Waals surface area contributed by atoms with Crippen LogP contribution in [0.25, 0.3) is 0 Å². The molecule has 154 valence electrons. The van der Waals surface area contributed by atoms with E-state index >= 15 is 0 Å². The molecule has 8 nitrogen and oxygen atoms in total. The Morgan fingerprint density at radius 3 is 2.39 bits per heavy atom. The molecule has 0 radical (unpaired) electrons. The van der Waals surface area contributed by atoms with E-state index in [1.807, 2.05) is 19.1 Å². The molecular weight excluding hydrogens is 366 g/mol. The summed E-state index contributed by atoms with van der Waals surface area (Å²) >= 11 is 0. The first-order valence-electron chi connectivity index (χ1n) is 9.58. The maximum Gasteiger partial charge on any atom is 0.256 e. The first-order valence-corrected chi connectivity index (χ1v) is 9.58. The molecule has 4 rings (SSSR count). The predicted octanol–water partition coefficient (Wildman–Crippen LogP) is 2.42. The Labute approximate surface area is 164 Å². The number of hydrogen-bond donors (Lipinski definition) is 1. The molecule has 0 spiro atoms. The number of carbonyl (C=O) groups is 1. The summed E-state index contributed by atoms with van der Waals surface area (Å²) in [7, 11) is 0. The van der Waals surface area contributed by atoms with E-state index in [-0.39, 0.29) is 5.91 Å². The number of rotatable bonds is 4. The van der Waals surface area contributed by atoms with E-state index in [4.69, 9.17) is 28.4 Å². The number of benzene rings is 1. The molecule has 0 unspecified atom stereocenters. The average Bonchev–Trinajstić information content (AvgIpc) is 3.10. The highest BCUT2D eigenvalue weighted by molar-refractivity contribution is 5.96. The van der Waals surface area contributed by atoms with Gasteiger partial charge < -0.3 is 33.7 Å². The SMILES string of the molecule is CCOc1ccccc1NC(=O)[C@@H]1O[C@H]2OC(C)(C)O[C@@H]2[C@H]2OC(C)(C)O[C@@H]21. The highest BCUT2D eigenvalue weighted by Gasteiger charge is 2.62. The Balaban J connectivity index is 1.57. The zero-order valence-corrected chi connectivity index (χ0v) is 16.8. The fourth-order valence-electron chi connectivity index (χ4n) is 3.88.